The van der Waals surface area contributed by atoms with E-state index in [1.807, 2.05) is 0 Å². The fourth-order valence-corrected chi connectivity index (χ4v) is 0.572. The Labute approximate surface area is 99.3 Å². The zero-order chi connectivity index (χ0) is 5.98. The topological polar surface area (TPSA) is 26.9 Å². The molecule has 0 aliphatic heterocycles. The van der Waals surface area contributed by atoms with Crippen LogP contribution in [0.2, 0.25) is 0 Å². The van der Waals surface area contributed by atoms with Gasteiger partial charge in [-0.15, -0.1) is 0 Å². The molecule has 1 aromatic rings. The van der Waals surface area contributed by atoms with Crippen molar-refractivity contribution in [2.45, 2.75) is 5.03 Å². The second-order valence-electron chi connectivity index (χ2n) is 1.38. The summed E-state index contributed by atoms with van der Waals surface area (Å²) in [6.07, 6.45) is 1.41. The second-order valence-corrected chi connectivity index (χ2v) is 1.84. The molecule has 0 fully saturated rings. The van der Waals surface area contributed by atoms with Gasteiger partial charge in [-0.2, -0.15) is 4.73 Å². The van der Waals surface area contributed by atoms with Crippen molar-refractivity contribution < 1.29 is 4.73 Å². The Balaban J connectivity index is 0.000000640. The van der Waals surface area contributed by atoms with Gasteiger partial charge in [-0.1, -0.05) is 12.6 Å². The maximum atomic E-state index is 10.5. The van der Waals surface area contributed by atoms with Crippen LogP contribution < -0.4 is 4.73 Å². The maximum Gasteiger partial charge on any atom is 0.248 e. The van der Waals surface area contributed by atoms with Gasteiger partial charge in [0, 0.05) is 12.1 Å². The van der Waals surface area contributed by atoms with Crippen LogP contribution in [0.5, 0.6) is 0 Å². The first-order valence-electron chi connectivity index (χ1n) is 2.18. The molecule has 0 aliphatic carbocycles. The summed E-state index contributed by atoms with van der Waals surface area (Å²) in [6.45, 7) is 0. The predicted molar refractivity (Wildman–Crippen MR) is 41.2 cm³/mol. The minimum Gasteiger partial charge on any atom is -0.618 e. The van der Waals surface area contributed by atoms with Crippen molar-refractivity contribution in [3.8, 4) is 0 Å². The Morgan fingerprint density at radius 1 is 1.44 bits per heavy atom. The number of aromatic nitrogens is 1. The summed E-state index contributed by atoms with van der Waals surface area (Å²) in [5.74, 6) is 0. The first-order chi connectivity index (χ1) is 3.80. The van der Waals surface area contributed by atoms with E-state index >= 15 is 0 Å². The van der Waals surface area contributed by atoms with Crippen LogP contribution >= 0.6 is 12.6 Å². The molecule has 0 aromatic carbocycles. The fraction of sp³-hybridized carbons (Fsp3) is 0. The van der Waals surface area contributed by atoms with E-state index in [2.05, 4.69) is 12.6 Å². The molecule has 0 saturated carbocycles. The summed E-state index contributed by atoms with van der Waals surface area (Å²) in [5, 5.41) is 10.9. The molecule has 0 spiro atoms. The van der Waals surface area contributed by atoms with Gasteiger partial charge in [-0.25, -0.2) is 0 Å². The minimum absolute atomic E-state index is 0. The number of pyridine rings is 1. The van der Waals surface area contributed by atoms with Crippen molar-refractivity contribution in [3.63, 3.8) is 0 Å². The Morgan fingerprint density at radius 3 is 2.44 bits per heavy atom. The summed E-state index contributed by atoms with van der Waals surface area (Å²) < 4.78 is 0.698. The van der Waals surface area contributed by atoms with Gasteiger partial charge in [0.05, 0.1) is 0 Å². The van der Waals surface area contributed by atoms with Gasteiger partial charge < -0.3 is 5.21 Å². The first kappa shape index (κ1) is 9.87. The van der Waals surface area contributed by atoms with Crippen molar-refractivity contribution in [1.29, 1.82) is 0 Å². The monoisotopic (exact) mass is 267 g/mol. The summed E-state index contributed by atoms with van der Waals surface area (Å²) in [5.41, 5.74) is 0. The van der Waals surface area contributed by atoms with Gasteiger partial charge >= 0.3 is 48.9 Å². The molecule has 0 bridgehead atoms. The molecule has 46 valence electrons. The normalized spacial score (nSPS) is 8.11. The van der Waals surface area contributed by atoms with Crippen molar-refractivity contribution >= 4 is 61.5 Å². The van der Waals surface area contributed by atoms with E-state index in [-0.39, 0.29) is 48.9 Å². The molecule has 1 heterocycles. The standard InChI is InChI=1S/C5H5NOS.Ba.2H/c7-6-4-2-1-3-5(6)8;;;/h1-4,8H;;;. The van der Waals surface area contributed by atoms with Crippen molar-refractivity contribution in [1.82, 2.24) is 0 Å². The average Bonchev–Trinajstić information content (AvgIpc) is 1.77. The summed E-state index contributed by atoms with van der Waals surface area (Å²) in [4.78, 5) is 0. The van der Waals surface area contributed by atoms with Crippen LogP contribution in [0.3, 0.4) is 0 Å². The molecule has 0 N–H and O–H groups in total. The van der Waals surface area contributed by atoms with Crippen LogP contribution in [0.25, 0.3) is 0 Å². The molecule has 0 radical (unpaired) electrons. The summed E-state index contributed by atoms with van der Waals surface area (Å²) in [6, 6.07) is 5.06. The maximum absolute atomic E-state index is 10.5. The molecule has 0 amide bonds. The van der Waals surface area contributed by atoms with Crippen molar-refractivity contribution in [3.05, 3.63) is 29.6 Å². The van der Waals surface area contributed by atoms with E-state index in [9.17, 15) is 5.21 Å². The van der Waals surface area contributed by atoms with E-state index in [0.29, 0.717) is 9.76 Å². The SMILES string of the molecule is [BaH2].[O-][n+]1ccccc1S. The van der Waals surface area contributed by atoms with Gasteiger partial charge in [-0.05, 0) is 6.07 Å². The van der Waals surface area contributed by atoms with E-state index in [1.54, 1.807) is 18.2 Å². The quantitative estimate of drug-likeness (QED) is 0.297. The number of rotatable bonds is 0. The van der Waals surface area contributed by atoms with Crippen LogP contribution in [-0.2, 0) is 0 Å². The number of thiol groups is 1. The van der Waals surface area contributed by atoms with Crippen LogP contribution in [-0.4, -0.2) is 48.9 Å². The Hall–Kier alpha value is 0.871. The zero-order valence-electron chi connectivity index (χ0n) is 4.11. The van der Waals surface area contributed by atoms with Gasteiger partial charge in [0.25, 0.3) is 0 Å². The fourth-order valence-electron chi connectivity index (χ4n) is 0.419. The van der Waals surface area contributed by atoms with Crippen LogP contribution in [0, 0.1) is 5.21 Å². The zero-order valence-corrected chi connectivity index (χ0v) is 5.01. The molecule has 0 unspecified atom stereocenters. The second kappa shape index (κ2) is 4.65. The van der Waals surface area contributed by atoms with Gasteiger partial charge in [-0.3, -0.25) is 0 Å². The first-order valence-corrected chi connectivity index (χ1v) is 2.62. The van der Waals surface area contributed by atoms with Gasteiger partial charge in [0.2, 0.25) is 5.03 Å². The van der Waals surface area contributed by atoms with Crippen LogP contribution in [0.15, 0.2) is 29.4 Å². The third-order valence-corrected chi connectivity index (χ3v) is 1.15. The molecule has 1 aromatic heterocycles. The molecule has 0 atom stereocenters. The van der Waals surface area contributed by atoms with E-state index in [1.165, 1.54) is 6.20 Å². The summed E-state index contributed by atoms with van der Waals surface area (Å²) in [7, 11) is 0. The molecular weight excluding hydrogens is 259 g/mol. The molecule has 0 saturated heterocycles. The van der Waals surface area contributed by atoms with Crippen molar-refractivity contribution in [2.75, 3.05) is 0 Å². The average molecular weight is 267 g/mol. The van der Waals surface area contributed by atoms with Crippen LogP contribution in [0.1, 0.15) is 0 Å². The molecular formula is C5H7BaNOS. The van der Waals surface area contributed by atoms with E-state index in [4.69, 9.17) is 0 Å². The number of nitrogens with zero attached hydrogens (tertiary/aromatic N) is 1. The van der Waals surface area contributed by atoms with Gasteiger partial charge in [0.15, 0.2) is 6.20 Å². The van der Waals surface area contributed by atoms with E-state index < -0.39 is 0 Å². The molecule has 1 rings (SSSR count). The molecule has 2 nitrogen and oxygen atoms in total. The largest absolute Gasteiger partial charge is 0.618 e. The van der Waals surface area contributed by atoms with E-state index in [0.717, 1.165) is 0 Å². The Morgan fingerprint density at radius 2 is 2.11 bits per heavy atom. The third kappa shape index (κ3) is 2.97. The third-order valence-electron chi connectivity index (χ3n) is 0.804. The smallest absolute Gasteiger partial charge is 0.248 e. The van der Waals surface area contributed by atoms with Crippen LogP contribution in [0.4, 0.5) is 0 Å². The Kier molecular flexibility index (Phi) is 5.10. The number of hydrogen-bond donors (Lipinski definition) is 1. The number of hydrogen-bond acceptors (Lipinski definition) is 2. The Bertz CT molecular complexity index is 173. The molecule has 0 aliphatic rings. The van der Waals surface area contributed by atoms with Crippen molar-refractivity contribution in [2.24, 2.45) is 0 Å². The minimum atomic E-state index is 0. The van der Waals surface area contributed by atoms with Gasteiger partial charge in [0.1, 0.15) is 0 Å². The molecule has 9 heavy (non-hydrogen) atoms. The molecule has 4 heteroatoms. The summed E-state index contributed by atoms with van der Waals surface area (Å²) >= 11 is 3.85. The predicted octanol–water partition coefficient (Wildman–Crippen LogP) is -0.308.